The number of ether oxygens (including phenoxy) is 4. The molecule has 0 bridgehead atoms. The van der Waals surface area contributed by atoms with Gasteiger partial charge in [0.2, 0.25) is 0 Å². The van der Waals surface area contributed by atoms with Crippen molar-refractivity contribution in [1.82, 2.24) is 15.1 Å². The summed E-state index contributed by atoms with van der Waals surface area (Å²) in [5.74, 6) is 0.660. The van der Waals surface area contributed by atoms with Gasteiger partial charge in [-0.1, -0.05) is 24.3 Å². The number of halogens is 3. The van der Waals surface area contributed by atoms with Crippen LogP contribution in [0, 0.1) is 6.92 Å². The zero-order valence-electron chi connectivity index (χ0n) is 25.6. The first-order chi connectivity index (χ1) is 21.5. The third-order valence-electron chi connectivity index (χ3n) is 7.39. The van der Waals surface area contributed by atoms with Crippen LogP contribution in [0.4, 0.5) is 13.2 Å². The zero-order valence-corrected chi connectivity index (χ0v) is 25.6. The van der Waals surface area contributed by atoms with Crippen molar-refractivity contribution in [2.45, 2.75) is 71.7 Å². The summed E-state index contributed by atoms with van der Waals surface area (Å²) in [6.45, 7) is 7.07. The molecule has 11 heteroatoms. The minimum atomic E-state index is -4.83. The van der Waals surface area contributed by atoms with Crippen LogP contribution in [0.15, 0.2) is 66.9 Å². The van der Waals surface area contributed by atoms with Crippen LogP contribution in [0.1, 0.15) is 70.9 Å². The SMILES string of the molecule is COC(=O)c1ccc(CNCc2ccc(OCc3c(C4CC4)cnn3-c3ccccc3OC(F)(F)F)cc2C)cc1OC(C)C. The number of hydrogen-bond acceptors (Lipinski definition) is 7. The second-order valence-electron chi connectivity index (χ2n) is 11.2. The molecular formula is C34H36F3N3O5. The molecular weight excluding hydrogens is 587 g/mol. The fraction of sp³-hybridized carbons (Fsp3) is 0.353. The lowest BCUT2D eigenvalue weighted by Gasteiger charge is -2.16. The molecule has 0 radical (unpaired) electrons. The first-order valence-electron chi connectivity index (χ1n) is 14.7. The van der Waals surface area contributed by atoms with E-state index < -0.39 is 12.3 Å². The molecule has 0 saturated heterocycles. The Hall–Kier alpha value is -4.51. The van der Waals surface area contributed by atoms with E-state index in [4.69, 9.17) is 14.2 Å². The molecule has 1 aliphatic rings. The number of aryl methyl sites for hydroxylation is 1. The maximum atomic E-state index is 13.1. The number of hydrogen-bond donors (Lipinski definition) is 1. The van der Waals surface area contributed by atoms with E-state index in [9.17, 15) is 18.0 Å². The highest BCUT2D eigenvalue weighted by Gasteiger charge is 2.34. The molecule has 238 valence electrons. The third kappa shape index (κ3) is 8.16. The average Bonchev–Trinajstić information content (AvgIpc) is 3.75. The summed E-state index contributed by atoms with van der Waals surface area (Å²) in [6, 6.07) is 17.2. The van der Waals surface area contributed by atoms with Gasteiger partial charge in [-0.15, -0.1) is 13.2 Å². The van der Waals surface area contributed by atoms with Crippen molar-refractivity contribution in [3.8, 4) is 22.9 Å². The second kappa shape index (κ2) is 13.6. The highest BCUT2D eigenvalue weighted by atomic mass is 19.4. The summed E-state index contributed by atoms with van der Waals surface area (Å²) in [4.78, 5) is 12.1. The summed E-state index contributed by atoms with van der Waals surface area (Å²) in [5, 5.41) is 7.86. The molecule has 0 atom stereocenters. The molecule has 45 heavy (non-hydrogen) atoms. The number of para-hydroxylation sites is 2. The van der Waals surface area contributed by atoms with Crippen LogP contribution < -0.4 is 19.5 Å². The van der Waals surface area contributed by atoms with Gasteiger partial charge in [0, 0.05) is 18.7 Å². The standard InChI is InChI=1S/C34H36F3N3O5/c1-21(2)44-32-16-23(9-14-27(32)33(41)42-4)17-38-18-25-12-13-26(15-22(25)3)43-20-30-28(24-10-11-24)19-39-40(30)29-7-5-6-8-31(29)45-34(35,36)37/h5-9,12-16,19,21,24,38H,10-11,17-18,20H2,1-4H3. The summed E-state index contributed by atoms with van der Waals surface area (Å²) < 4.78 is 61.9. The van der Waals surface area contributed by atoms with Gasteiger partial charge in [0.25, 0.3) is 0 Å². The van der Waals surface area contributed by atoms with Crippen molar-refractivity contribution < 1.29 is 36.9 Å². The molecule has 1 heterocycles. The molecule has 1 fully saturated rings. The van der Waals surface area contributed by atoms with E-state index in [1.54, 1.807) is 24.4 Å². The Balaban J connectivity index is 1.25. The lowest BCUT2D eigenvalue weighted by molar-refractivity contribution is -0.274. The van der Waals surface area contributed by atoms with Crippen molar-refractivity contribution in [2.75, 3.05) is 7.11 Å². The van der Waals surface area contributed by atoms with Gasteiger partial charge in [-0.2, -0.15) is 5.10 Å². The fourth-order valence-electron chi connectivity index (χ4n) is 5.07. The van der Waals surface area contributed by atoms with Crippen LogP contribution in [-0.4, -0.2) is 35.3 Å². The maximum absolute atomic E-state index is 13.1. The van der Waals surface area contributed by atoms with E-state index in [1.165, 1.54) is 23.9 Å². The minimum absolute atomic E-state index is 0.0972. The van der Waals surface area contributed by atoms with Crippen molar-refractivity contribution >= 4 is 5.97 Å². The lowest BCUT2D eigenvalue weighted by Crippen LogP contribution is -2.19. The Morgan fingerprint density at radius 3 is 2.51 bits per heavy atom. The number of nitrogens with one attached hydrogen (secondary N) is 1. The summed E-state index contributed by atoms with van der Waals surface area (Å²) in [7, 11) is 1.34. The van der Waals surface area contributed by atoms with Gasteiger partial charge in [0.15, 0.2) is 5.75 Å². The van der Waals surface area contributed by atoms with Gasteiger partial charge >= 0.3 is 12.3 Å². The largest absolute Gasteiger partial charge is 0.573 e. The van der Waals surface area contributed by atoms with Crippen LogP contribution >= 0.6 is 0 Å². The quantitative estimate of drug-likeness (QED) is 0.155. The van der Waals surface area contributed by atoms with Crippen LogP contribution in [-0.2, 0) is 24.4 Å². The Morgan fingerprint density at radius 2 is 1.82 bits per heavy atom. The Kier molecular flexibility index (Phi) is 9.67. The average molecular weight is 624 g/mol. The molecule has 5 rings (SSSR count). The molecule has 0 spiro atoms. The Morgan fingerprint density at radius 1 is 1.04 bits per heavy atom. The van der Waals surface area contributed by atoms with Crippen molar-refractivity contribution in [3.63, 3.8) is 0 Å². The van der Waals surface area contributed by atoms with Crippen LogP contribution in [0.3, 0.4) is 0 Å². The van der Waals surface area contributed by atoms with Crippen LogP contribution in [0.2, 0.25) is 0 Å². The van der Waals surface area contributed by atoms with Gasteiger partial charge in [-0.05, 0) is 92.6 Å². The number of esters is 1. The number of alkyl halides is 3. The smallest absolute Gasteiger partial charge is 0.490 e. The number of carbonyl (C=O) groups is 1. The van der Waals surface area contributed by atoms with E-state index in [0.717, 1.165) is 35.1 Å². The van der Waals surface area contributed by atoms with Gasteiger partial charge in [-0.3, -0.25) is 0 Å². The summed E-state index contributed by atoms with van der Waals surface area (Å²) in [6.07, 6.45) is -1.21. The van der Waals surface area contributed by atoms with Crippen molar-refractivity contribution in [2.24, 2.45) is 0 Å². The van der Waals surface area contributed by atoms with E-state index >= 15 is 0 Å². The molecule has 4 aromatic rings. The van der Waals surface area contributed by atoms with Gasteiger partial charge in [0.05, 0.1) is 25.1 Å². The van der Waals surface area contributed by atoms with E-state index in [-0.39, 0.29) is 24.1 Å². The monoisotopic (exact) mass is 623 g/mol. The number of carbonyl (C=O) groups excluding carboxylic acids is 1. The maximum Gasteiger partial charge on any atom is 0.573 e. The second-order valence-corrected chi connectivity index (χ2v) is 11.2. The minimum Gasteiger partial charge on any atom is -0.490 e. The molecule has 0 unspecified atom stereocenters. The molecule has 8 nitrogen and oxygen atoms in total. The Labute approximate surface area is 260 Å². The third-order valence-corrected chi connectivity index (χ3v) is 7.39. The summed E-state index contributed by atoms with van der Waals surface area (Å²) >= 11 is 0. The van der Waals surface area contributed by atoms with Gasteiger partial charge in [0.1, 0.15) is 29.4 Å². The van der Waals surface area contributed by atoms with Gasteiger partial charge in [-0.25, -0.2) is 9.48 Å². The number of nitrogens with zero attached hydrogens (tertiary/aromatic N) is 2. The summed E-state index contributed by atoms with van der Waals surface area (Å²) in [5.41, 5.74) is 5.29. The Bertz CT molecular complexity index is 1650. The number of rotatable bonds is 13. The van der Waals surface area contributed by atoms with Crippen LogP contribution in [0.5, 0.6) is 17.2 Å². The fourth-order valence-corrected chi connectivity index (χ4v) is 5.07. The first-order valence-corrected chi connectivity index (χ1v) is 14.7. The normalized spacial score (nSPS) is 13.2. The lowest BCUT2D eigenvalue weighted by atomic mass is 10.1. The van der Waals surface area contributed by atoms with Crippen LogP contribution in [0.25, 0.3) is 5.69 Å². The molecule has 1 aromatic heterocycles. The molecule has 1 aliphatic carbocycles. The number of aromatic nitrogens is 2. The highest BCUT2D eigenvalue weighted by Crippen LogP contribution is 2.43. The molecule has 1 N–H and O–H groups in total. The highest BCUT2D eigenvalue weighted by molar-refractivity contribution is 5.92. The first kappa shape index (κ1) is 31.9. The predicted octanol–water partition coefficient (Wildman–Crippen LogP) is 7.40. The molecule has 3 aromatic carbocycles. The van der Waals surface area contributed by atoms with Crippen molar-refractivity contribution in [1.29, 1.82) is 0 Å². The van der Waals surface area contributed by atoms with E-state index in [1.807, 2.05) is 51.1 Å². The molecule has 0 amide bonds. The topological polar surface area (TPSA) is 83.8 Å². The molecule has 1 saturated carbocycles. The van der Waals surface area contributed by atoms with E-state index in [2.05, 4.69) is 15.2 Å². The predicted molar refractivity (Wildman–Crippen MR) is 162 cm³/mol. The number of benzene rings is 3. The van der Waals surface area contributed by atoms with E-state index in [0.29, 0.717) is 41.8 Å². The van der Waals surface area contributed by atoms with Crippen molar-refractivity contribution in [3.05, 3.63) is 100 Å². The molecule has 0 aliphatic heterocycles. The van der Waals surface area contributed by atoms with Gasteiger partial charge < -0.3 is 24.3 Å². The zero-order chi connectivity index (χ0) is 32.1. The number of methoxy groups -OCH3 is 1.